The van der Waals surface area contributed by atoms with E-state index in [0.29, 0.717) is 12.1 Å². The molecule has 0 bridgehead atoms. The van der Waals surface area contributed by atoms with Crippen molar-refractivity contribution in [1.82, 2.24) is 19.4 Å². The van der Waals surface area contributed by atoms with E-state index in [9.17, 15) is 23.6 Å². The van der Waals surface area contributed by atoms with Gasteiger partial charge in [0, 0.05) is 25.2 Å². The number of hydrogen-bond donors (Lipinski definition) is 1. The Hall–Kier alpha value is -3.66. The van der Waals surface area contributed by atoms with E-state index >= 15 is 0 Å². The van der Waals surface area contributed by atoms with Crippen molar-refractivity contribution in [3.8, 4) is 0 Å². The number of nitrogens with zero attached hydrogens (tertiary/aromatic N) is 3. The van der Waals surface area contributed by atoms with Crippen LogP contribution in [0.25, 0.3) is 17.1 Å². The summed E-state index contributed by atoms with van der Waals surface area (Å²) < 4.78 is 16.9. The lowest BCUT2D eigenvalue weighted by Gasteiger charge is -2.13. The highest BCUT2D eigenvalue weighted by molar-refractivity contribution is 8.18. The molecule has 34 heavy (non-hydrogen) atoms. The van der Waals surface area contributed by atoms with Gasteiger partial charge in [0.2, 0.25) is 5.91 Å². The minimum atomic E-state index is -0.536. The van der Waals surface area contributed by atoms with Gasteiger partial charge >= 0.3 is 5.69 Å². The molecule has 176 valence electrons. The van der Waals surface area contributed by atoms with E-state index in [1.54, 1.807) is 22.8 Å². The number of nitrogens with one attached hydrogen (secondary N) is 1. The molecule has 0 unspecified atom stereocenters. The van der Waals surface area contributed by atoms with Crippen LogP contribution >= 0.6 is 11.8 Å². The Morgan fingerprint density at radius 1 is 1.00 bits per heavy atom. The van der Waals surface area contributed by atoms with Crippen molar-refractivity contribution in [2.75, 3.05) is 13.1 Å². The molecule has 3 aromatic rings. The van der Waals surface area contributed by atoms with E-state index < -0.39 is 22.9 Å². The molecule has 1 fully saturated rings. The average molecular weight is 483 g/mol. The first-order valence-electron chi connectivity index (χ1n) is 10.9. The zero-order chi connectivity index (χ0) is 24.2. The van der Waals surface area contributed by atoms with E-state index in [0.717, 1.165) is 28.6 Å². The van der Waals surface area contributed by atoms with E-state index in [2.05, 4.69) is 5.32 Å². The van der Waals surface area contributed by atoms with Crippen LogP contribution < -0.4 is 11.0 Å². The van der Waals surface area contributed by atoms with Crippen LogP contribution in [0.15, 0.2) is 58.2 Å². The Bertz CT molecular complexity index is 1360. The second-order valence-electron chi connectivity index (χ2n) is 7.71. The summed E-state index contributed by atoms with van der Waals surface area (Å²) in [7, 11) is 0. The number of benzene rings is 2. The fraction of sp³-hybridized carbons (Fsp3) is 0.250. The van der Waals surface area contributed by atoms with Crippen molar-refractivity contribution in [3.63, 3.8) is 0 Å². The maximum absolute atomic E-state index is 13.9. The maximum Gasteiger partial charge on any atom is 0.329 e. The van der Waals surface area contributed by atoms with Gasteiger partial charge < -0.3 is 5.32 Å². The third-order valence-corrected chi connectivity index (χ3v) is 6.30. The summed E-state index contributed by atoms with van der Waals surface area (Å²) in [6.07, 6.45) is 2.13. The van der Waals surface area contributed by atoms with Crippen LogP contribution in [0.4, 0.5) is 9.18 Å². The summed E-state index contributed by atoms with van der Waals surface area (Å²) in [6.45, 7) is 2.35. The van der Waals surface area contributed by atoms with Crippen molar-refractivity contribution in [2.24, 2.45) is 0 Å². The van der Waals surface area contributed by atoms with Gasteiger partial charge in [-0.25, -0.2) is 9.18 Å². The Morgan fingerprint density at radius 3 is 2.38 bits per heavy atom. The van der Waals surface area contributed by atoms with Gasteiger partial charge in [-0.2, -0.15) is 0 Å². The zero-order valence-electron chi connectivity index (χ0n) is 18.5. The Kier molecular flexibility index (Phi) is 6.97. The normalized spacial score (nSPS) is 15.0. The minimum Gasteiger partial charge on any atom is -0.353 e. The molecule has 0 radical (unpaired) electrons. The number of halogens is 1. The van der Waals surface area contributed by atoms with E-state index in [4.69, 9.17) is 0 Å². The van der Waals surface area contributed by atoms with Gasteiger partial charge in [0.1, 0.15) is 12.4 Å². The molecular formula is C24H23FN4O4S. The number of aryl methyl sites for hydroxylation is 1. The molecule has 8 nitrogen and oxygen atoms in total. The monoisotopic (exact) mass is 482 g/mol. The Balaban J connectivity index is 1.39. The molecule has 1 aromatic heterocycles. The molecule has 3 amide bonds. The summed E-state index contributed by atoms with van der Waals surface area (Å²) >= 11 is 0.728. The van der Waals surface area contributed by atoms with Crippen LogP contribution in [-0.2, 0) is 22.7 Å². The van der Waals surface area contributed by atoms with Crippen molar-refractivity contribution in [3.05, 3.63) is 75.3 Å². The highest BCUT2D eigenvalue weighted by Crippen LogP contribution is 2.32. The predicted molar refractivity (Wildman–Crippen MR) is 129 cm³/mol. The number of aromatic nitrogens is 2. The lowest BCUT2D eigenvalue weighted by Crippen LogP contribution is -2.39. The van der Waals surface area contributed by atoms with Crippen molar-refractivity contribution in [2.45, 2.75) is 26.4 Å². The van der Waals surface area contributed by atoms with Crippen LogP contribution in [0.5, 0.6) is 0 Å². The molecule has 1 aliphatic heterocycles. The van der Waals surface area contributed by atoms with Crippen molar-refractivity contribution >= 4 is 45.9 Å². The Labute approximate surface area is 199 Å². The minimum absolute atomic E-state index is 0.0302. The van der Waals surface area contributed by atoms with Gasteiger partial charge in [-0.05, 0) is 42.5 Å². The van der Waals surface area contributed by atoms with Crippen LogP contribution in [0.2, 0.25) is 0 Å². The van der Waals surface area contributed by atoms with Crippen molar-refractivity contribution < 1.29 is 18.8 Å². The first-order chi connectivity index (χ1) is 16.4. The number of imidazole rings is 1. The smallest absolute Gasteiger partial charge is 0.329 e. The molecule has 1 N–H and O–H groups in total. The van der Waals surface area contributed by atoms with E-state index in [-0.39, 0.29) is 35.8 Å². The standard InChI is InChI=1S/C24H23FN4O4S/c1-2-12-27-18-9-5-6-10-19(18)29(23(27)32)15-21(30)26-11-13-28-22(31)20(34-24(28)33)14-16-7-3-4-8-17(16)25/h3-10,14H,2,11-13,15H2,1H3,(H,26,30)/b20-14-. The maximum atomic E-state index is 13.9. The fourth-order valence-electron chi connectivity index (χ4n) is 3.80. The number of rotatable bonds is 8. The third kappa shape index (κ3) is 4.67. The predicted octanol–water partition coefficient (Wildman–Crippen LogP) is 3.20. The lowest BCUT2D eigenvalue weighted by molar-refractivity contribution is -0.124. The van der Waals surface area contributed by atoms with Gasteiger partial charge in [0.15, 0.2) is 0 Å². The number of hydrogen-bond acceptors (Lipinski definition) is 5. The van der Waals surface area contributed by atoms with Gasteiger partial charge in [0.05, 0.1) is 15.9 Å². The summed E-state index contributed by atoms with van der Waals surface area (Å²) in [6, 6.07) is 13.3. The molecule has 2 heterocycles. The van der Waals surface area contributed by atoms with Gasteiger partial charge in [-0.1, -0.05) is 37.3 Å². The van der Waals surface area contributed by atoms with Crippen LogP contribution in [0.3, 0.4) is 0 Å². The van der Waals surface area contributed by atoms with Gasteiger partial charge in [0.25, 0.3) is 11.1 Å². The third-order valence-electron chi connectivity index (χ3n) is 5.40. The molecule has 1 aliphatic rings. The van der Waals surface area contributed by atoms with Crippen molar-refractivity contribution in [1.29, 1.82) is 0 Å². The summed E-state index contributed by atoms with van der Waals surface area (Å²) in [5.41, 5.74) is 1.39. The number of carbonyl (C=O) groups is 3. The Morgan fingerprint density at radius 2 is 1.68 bits per heavy atom. The molecule has 0 aliphatic carbocycles. The molecule has 2 aromatic carbocycles. The zero-order valence-corrected chi connectivity index (χ0v) is 19.3. The number of amides is 3. The first-order valence-corrected chi connectivity index (χ1v) is 11.7. The molecule has 0 saturated carbocycles. The number of para-hydroxylation sites is 2. The average Bonchev–Trinajstić information content (AvgIpc) is 3.24. The number of thioether (sulfide) groups is 1. The highest BCUT2D eigenvalue weighted by Gasteiger charge is 2.34. The summed E-state index contributed by atoms with van der Waals surface area (Å²) in [4.78, 5) is 51.3. The lowest BCUT2D eigenvalue weighted by atomic mass is 10.2. The fourth-order valence-corrected chi connectivity index (χ4v) is 4.65. The van der Waals surface area contributed by atoms with Crippen LogP contribution in [-0.4, -0.2) is 44.2 Å². The largest absolute Gasteiger partial charge is 0.353 e. The molecule has 4 rings (SSSR count). The molecule has 0 spiro atoms. The van der Waals surface area contributed by atoms with Crippen LogP contribution in [0, 0.1) is 5.82 Å². The molecule has 10 heteroatoms. The second kappa shape index (κ2) is 10.1. The molecule has 1 saturated heterocycles. The van der Waals surface area contributed by atoms with Gasteiger partial charge in [-0.3, -0.25) is 28.4 Å². The topological polar surface area (TPSA) is 93.4 Å². The van der Waals surface area contributed by atoms with Crippen LogP contribution in [0.1, 0.15) is 18.9 Å². The van der Waals surface area contributed by atoms with E-state index in [1.165, 1.54) is 28.8 Å². The SMILES string of the molecule is CCCn1c(=O)n(CC(=O)NCCN2C(=O)S/C(=C\c3ccccc3F)C2=O)c2ccccc21. The second-order valence-corrected chi connectivity index (χ2v) is 8.71. The first kappa shape index (κ1) is 23.5. The summed E-state index contributed by atoms with van der Waals surface area (Å²) in [5, 5.41) is 2.18. The molecular weight excluding hydrogens is 459 g/mol. The highest BCUT2D eigenvalue weighted by atomic mass is 32.2. The quantitative estimate of drug-likeness (QED) is 0.498. The number of carbonyl (C=O) groups excluding carboxylic acids is 3. The van der Waals surface area contributed by atoms with E-state index in [1.807, 2.05) is 19.1 Å². The number of imide groups is 1. The summed E-state index contributed by atoms with van der Waals surface area (Å²) in [5.74, 6) is -1.43. The van der Waals surface area contributed by atoms with Gasteiger partial charge in [-0.15, -0.1) is 0 Å². The molecule has 0 atom stereocenters. The number of fused-ring (bicyclic) bond motifs is 1.